The first-order valence-electron chi connectivity index (χ1n) is 4.02. The van der Waals surface area contributed by atoms with E-state index < -0.39 is 0 Å². The maximum Gasteiger partial charge on any atom is 0.129 e. The minimum Gasteiger partial charge on any atom is -0.347 e. The Morgan fingerprint density at radius 1 is 1.62 bits per heavy atom. The van der Waals surface area contributed by atoms with Crippen LogP contribution in [0.1, 0.15) is 17.6 Å². The van der Waals surface area contributed by atoms with E-state index in [0.29, 0.717) is 0 Å². The Hall–Kier alpha value is -1.62. The average molecular weight is 177 g/mol. The van der Waals surface area contributed by atoms with E-state index in [1.54, 1.807) is 17.1 Å². The Morgan fingerprint density at radius 3 is 3.00 bits per heavy atom. The van der Waals surface area contributed by atoms with Crippen molar-refractivity contribution in [3.8, 4) is 0 Å². The predicted octanol–water partition coefficient (Wildman–Crippen LogP) is 0.191. The van der Waals surface area contributed by atoms with Crippen molar-refractivity contribution in [2.75, 3.05) is 0 Å². The molecule has 2 aromatic rings. The summed E-state index contributed by atoms with van der Waals surface area (Å²) in [4.78, 5) is 7.03. The van der Waals surface area contributed by atoms with Gasteiger partial charge in [0.2, 0.25) is 0 Å². The molecule has 68 valence electrons. The van der Waals surface area contributed by atoms with Gasteiger partial charge in [-0.05, 0) is 6.07 Å². The van der Waals surface area contributed by atoms with E-state index in [-0.39, 0.29) is 6.04 Å². The molecule has 0 aliphatic carbocycles. The number of nitrogens with one attached hydrogen (secondary N) is 1. The Balaban J connectivity index is 2.28. The van der Waals surface area contributed by atoms with Crippen LogP contribution >= 0.6 is 0 Å². The van der Waals surface area contributed by atoms with E-state index in [4.69, 9.17) is 5.73 Å². The van der Waals surface area contributed by atoms with Crippen molar-refractivity contribution < 1.29 is 0 Å². The molecule has 0 saturated heterocycles. The molecule has 0 fully saturated rings. The molecule has 0 aliphatic rings. The van der Waals surface area contributed by atoms with Gasteiger partial charge in [-0.15, -0.1) is 0 Å². The lowest BCUT2D eigenvalue weighted by Crippen LogP contribution is -2.14. The van der Waals surface area contributed by atoms with Crippen molar-refractivity contribution in [1.29, 1.82) is 0 Å². The Bertz CT molecular complexity index is 375. The lowest BCUT2D eigenvalue weighted by molar-refractivity contribution is 0.699. The van der Waals surface area contributed by atoms with Gasteiger partial charge in [0, 0.05) is 25.6 Å². The van der Waals surface area contributed by atoms with Crippen molar-refractivity contribution in [3.05, 3.63) is 36.2 Å². The van der Waals surface area contributed by atoms with Crippen LogP contribution in [0.15, 0.2) is 24.7 Å². The van der Waals surface area contributed by atoms with Gasteiger partial charge in [0.1, 0.15) is 11.9 Å². The first-order valence-corrected chi connectivity index (χ1v) is 4.02. The molecule has 0 saturated carbocycles. The molecule has 2 heterocycles. The van der Waals surface area contributed by atoms with E-state index in [1.807, 2.05) is 19.3 Å². The maximum atomic E-state index is 5.90. The molecule has 0 aliphatic heterocycles. The molecule has 5 nitrogen and oxygen atoms in total. The molecule has 1 unspecified atom stereocenters. The number of H-pyrrole nitrogens is 1. The van der Waals surface area contributed by atoms with Gasteiger partial charge < -0.3 is 10.7 Å². The predicted molar refractivity (Wildman–Crippen MR) is 47.8 cm³/mol. The standard InChI is InChI=1S/C8H11N5/c1-13-5-2-6(12-13)7(9)8-10-3-4-11-8/h2-5,7H,9H2,1H3,(H,10,11). The Kier molecular flexibility index (Phi) is 1.86. The minimum atomic E-state index is -0.267. The van der Waals surface area contributed by atoms with Crippen LogP contribution in [0.4, 0.5) is 0 Å². The molecule has 5 heteroatoms. The summed E-state index contributed by atoms with van der Waals surface area (Å²) in [5.41, 5.74) is 6.72. The third-order valence-electron chi connectivity index (χ3n) is 1.87. The van der Waals surface area contributed by atoms with E-state index in [0.717, 1.165) is 11.5 Å². The number of aromatic nitrogens is 4. The maximum absolute atomic E-state index is 5.90. The lowest BCUT2D eigenvalue weighted by atomic mass is 10.2. The van der Waals surface area contributed by atoms with Gasteiger partial charge in [-0.3, -0.25) is 4.68 Å². The van der Waals surface area contributed by atoms with Gasteiger partial charge in [0.15, 0.2) is 0 Å². The number of hydrogen-bond acceptors (Lipinski definition) is 3. The number of nitrogens with zero attached hydrogens (tertiary/aromatic N) is 3. The van der Waals surface area contributed by atoms with Gasteiger partial charge >= 0.3 is 0 Å². The molecule has 1 atom stereocenters. The van der Waals surface area contributed by atoms with Crippen molar-refractivity contribution in [2.24, 2.45) is 12.8 Å². The first-order chi connectivity index (χ1) is 6.27. The summed E-state index contributed by atoms with van der Waals surface area (Å²) in [6.07, 6.45) is 5.29. The molecule has 0 spiro atoms. The summed E-state index contributed by atoms with van der Waals surface area (Å²) in [5, 5.41) is 4.20. The Morgan fingerprint density at radius 2 is 2.46 bits per heavy atom. The topological polar surface area (TPSA) is 72.5 Å². The number of aromatic amines is 1. The quantitative estimate of drug-likeness (QED) is 0.687. The molecule has 0 amide bonds. The van der Waals surface area contributed by atoms with Gasteiger partial charge in [-0.25, -0.2) is 4.98 Å². The molecule has 0 radical (unpaired) electrons. The van der Waals surface area contributed by atoms with Crippen molar-refractivity contribution in [2.45, 2.75) is 6.04 Å². The smallest absolute Gasteiger partial charge is 0.129 e. The zero-order valence-electron chi connectivity index (χ0n) is 7.31. The zero-order chi connectivity index (χ0) is 9.26. The summed E-state index contributed by atoms with van der Waals surface area (Å²) >= 11 is 0. The fourth-order valence-electron chi connectivity index (χ4n) is 1.19. The summed E-state index contributed by atoms with van der Waals surface area (Å²) in [5.74, 6) is 0.735. The van der Waals surface area contributed by atoms with Crippen LogP contribution in [0.5, 0.6) is 0 Å². The third kappa shape index (κ3) is 1.46. The van der Waals surface area contributed by atoms with Crippen molar-refractivity contribution in [1.82, 2.24) is 19.7 Å². The number of hydrogen-bond donors (Lipinski definition) is 2. The highest BCUT2D eigenvalue weighted by molar-refractivity contribution is 5.14. The van der Waals surface area contributed by atoms with E-state index in [9.17, 15) is 0 Å². The molecular formula is C8H11N5. The molecule has 0 bridgehead atoms. The first kappa shape index (κ1) is 8.00. The molecular weight excluding hydrogens is 166 g/mol. The second-order valence-electron chi connectivity index (χ2n) is 2.87. The molecule has 13 heavy (non-hydrogen) atoms. The molecule has 2 aromatic heterocycles. The van der Waals surface area contributed by atoms with E-state index >= 15 is 0 Å². The highest BCUT2D eigenvalue weighted by Gasteiger charge is 2.12. The minimum absolute atomic E-state index is 0.267. The molecule has 0 aromatic carbocycles. The van der Waals surface area contributed by atoms with Crippen LogP contribution in [0.2, 0.25) is 0 Å². The SMILES string of the molecule is Cn1ccc(C(N)c2ncc[nH]2)n1. The summed E-state index contributed by atoms with van der Waals surface area (Å²) in [6, 6.07) is 1.61. The van der Waals surface area contributed by atoms with Crippen LogP contribution in [0.25, 0.3) is 0 Å². The average Bonchev–Trinajstić information content (AvgIpc) is 2.72. The van der Waals surface area contributed by atoms with Crippen molar-refractivity contribution in [3.63, 3.8) is 0 Å². The highest BCUT2D eigenvalue weighted by atomic mass is 15.3. The fourth-order valence-corrected chi connectivity index (χ4v) is 1.19. The van der Waals surface area contributed by atoms with Crippen LogP contribution in [-0.4, -0.2) is 19.7 Å². The van der Waals surface area contributed by atoms with Crippen molar-refractivity contribution >= 4 is 0 Å². The van der Waals surface area contributed by atoms with Gasteiger partial charge in [0.25, 0.3) is 0 Å². The lowest BCUT2D eigenvalue weighted by Gasteiger charge is -2.03. The largest absolute Gasteiger partial charge is 0.347 e. The van der Waals surface area contributed by atoms with Crippen LogP contribution in [-0.2, 0) is 7.05 Å². The number of imidazole rings is 1. The van der Waals surface area contributed by atoms with Gasteiger partial charge in [-0.2, -0.15) is 5.10 Å². The Labute approximate surface area is 75.6 Å². The fraction of sp³-hybridized carbons (Fsp3) is 0.250. The number of aryl methyl sites for hydroxylation is 1. The van der Waals surface area contributed by atoms with E-state index in [1.165, 1.54) is 0 Å². The van der Waals surface area contributed by atoms with E-state index in [2.05, 4.69) is 15.1 Å². The monoisotopic (exact) mass is 177 g/mol. The van der Waals surface area contributed by atoms with Gasteiger partial charge in [0.05, 0.1) is 5.69 Å². The molecule has 3 N–H and O–H groups in total. The second-order valence-corrected chi connectivity index (χ2v) is 2.87. The summed E-state index contributed by atoms with van der Waals surface area (Å²) in [6.45, 7) is 0. The van der Waals surface area contributed by atoms with Crippen LogP contribution < -0.4 is 5.73 Å². The third-order valence-corrected chi connectivity index (χ3v) is 1.87. The highest BCUT2D eigenvalue weighted by Crippen LogP contribution is 2.12. The number of nitrogens with two attached hydrogens (primary N) is 1. The number of rotatable bonds is 2. The normalized spacial score (nSPS) is 13.1. The summed E-state index contributed by atoms with van der Waals surface area (Å²) in [7, 11) is 1.86. The zero-order valence-corrected chi connectivity index (χ0v) is 7.31. The molecule has 2 rings (SSSR count). The summed E-state index contributed by atoms with van der Waals surface area (Å²) < 4.78 is 1.72. The second kappa shape index (κ2) is 3.02. The van der Waals surface area contributed by atoms with Crippen LogP contribution in [0, 0.1) is 0 Å². The van der Waals surface area contributed by atoms with Crippen LogP contribution in [0.3, 0.4) is 0 Å². The van der Waals surface area contributed by atoms with Gasteiger partial charge in [-0.1, -0.05) is 0 Å².